The fourth-order valence-electron chi connectivity index (χ4n) is 2.60. The number of halogens is 1. The van der Waals surface area contributed by atoms with Crippen LogP contribution in [-0.2, 0) is 11.3 Å². The number of amides is 1. The summed E-state index contributed by atoms with van der Waals surface area (Å²) in [4.78, 5) is 17.8. The van der Waals surface area contributed by atoms with Crippen LogP contribution in [0.15, 0.2) is 51.9 Å². The number of ether oxygens (including phenoxy) is 2. The molecule has 0 aliphatic rings. The summed E-state index contributed by atoms with van der Waals surface area (Å²) < 4.78 is 14.8. The van der Waals surface area contributed by atoms with Crippen molar-refractivity contribution in [2.45, 2.75) is 13.5 Å². The van der Waals surface area contributed by atoms with Crippen LogP contribution in [0.2, 0.25) is 0 Å². The minimum absolute atomic E-state index is 0.314. The topological polar surface area (TPSA) is 52.8 Å². The van der Waals surface area contributed by atoms with E-state index in [-0.39, 0.29) is 5.91 Å². The Balaban J connectivity index is 2.10. The van der Waals surface area contributed by atoms with Crippen LogP contribution < -0.4 is 9.54 Å². The zero-order valence-electron chi connectivity index (χ0n) is 14.6. The second kappa shape index (κ2) is 8.62. The first kappa shape index (κ1) is 18.8. The summed E-state index contributed by atoms with van der Waals surface area (Å²) in [5.74, 6) is 0.238. The van der Waals surface area contributed by atoms with Gasteiger partial charge in [0.25, 0.3) is 5.91 Å². The highest BCUT2D eigenvalue weighted by Crippen LogP contribution is 2.23. The number of benzene rings is 2. The first-order valence-corrected chi connectivity index (χ1v) is 9.83. The molecular formula is C19H19BrN2O3S. The number of rotatable bonds is 6. The SMILES string of the molecule is CCOc1ccccc1C(=O)N=c1sc2cc(Br)ccc2n1CCOC. The van der Waals surface area contributed by atoms with Crippen molar-refractivity contribution in [2.75, 3.05) is 20.3 Å². The number of hydrogen-bond acceptors (Lipinski definition) is 4. The Kier molecular flexibility index (Phi) is 6.24. The van der Waals surface area contributed by atoms with Crippen LogP contribution in [0, 0.1) is 0 Å². The maximum Gasteiger partial charge on any atom is 0.283 e. The quantitative estimate of drug-likeness (QED) is 0.582. The van der Waals surface area contributed by atoms with Crippen molar-refractivity contribution in [1.29, 1.82) is 0 Å². The Bertz CT molecular complexity index is 994. The Morgan fingerprint density at radius 3 is 2.85 bits per heavy atom. The van der Waals surface area contributed by atoms with E-state index in [1.165, 1.54) is 11.3 Å². The van der Waals surface area contributed by atoms with Crippen molar-refractivity contribution in [3.63, 3.8) is 0 Å². The average Bonchev–Trinajstić information content (AvgIpc) is 2.96. The third kappa shape index (κ3) is 4.06. The molecule has 2 aromatic carbocycles. The lowest BCUT2D eigenvalue weighted by Gasteiger charge is -2.07. The van der Waals surface area contributed by atoms with E-state index in [1.54, 1.807) is 19.2 Å². The summed E-state index contributed by atoms with van der Waals surface area (Å²) >= 11 is 4.97. The van der Waals surface area contributed by atoms with E-state index in [1.807, 2.05) is 41.8 Å². The number of hydrogen-bond donors (Lipinski definition) is 0. The van der Waals surface area contributed by atoms with Crippen molar-refractivity contribution < 1.29 is 14.3 Å². The molecule has 0 unspecified atom stereocenters. The molecule has 0 radical (unpaired) electrons. The van der Waals surface area contributed by atoms with E-state index in [9.17, 15) is 4.79 Å². The Morgan fingerprint density at radius 2 is 2.08 bits per heavy atom. The second-order valence-electron chi connectivity index (χ2n) is 5.49. The van der Waals surface area contributed by atoms with Crippen molar-refractivity contribution >= 4 is 43.4 Å². The van der Waals surface area contributed by atoms with Gasteiger partial charge < -0.3 is 14.0 Å². The maximum atomic E-state index is 12.8. The first-order valence-electron chi connectivity index (χ1n) is 8.22. The van der Waals surface area contributed by atoms with Crippen molar-refractivity contribution in [2.24, 2.45) is 4.99 Å². The summed E-state index contributed by atoms with van der Waals surface area (Å²) in [7, 11) is 1.66. The van der Waals surface area contributed by atoms with E-state index in [2.05, 4.69) is 20.9 Å². The monoisotopic (exact) mass is 434 g/mol. The molecule has 3 rings (SSSR count). The van der Waals surface area contributed by atoms with E-state index in [4.69, 9.17) is 9.47 Å². The molecule has 0 spiro atoms. The fraction of sp³-hybridized carbons (Fsp3) is 0.263. The molecule has 0 aliphatic heterocycles. The van der Waals surface area contributed by atoms with Gasteiger partial charge in [-0.15, -0.1) is 0 Å². The minimum Gasteiger partial charge on any atom is -0.493 e. The van der Waals surface area contributed by atoms with E-state index in [0.717, 1.165) is 14.7 Å². The molecule has 0 saturated heterocycles. The highest BCUT2D eigenvalue weighted by atomic mass is 79.9. The summed E-state index contributed by atoms with van der Waals surface area (Å²) in [5.41, 5.74) is 1.49. The maximum absolute atomic E-state index is 12.8. The van der Waals surface area contributed by atoms with Gasteiger partial charge in [-0.2, -0.15) is 4.99 Å². The highest BCUT2D eigenvalue weighted by molar-refractivity contribution is 9.10. The lowest BCUT2D eigenvalue weighted by Crippen LogP contribution is -2.19. The molecule has 5 nitrogen and oxygen atoms in total. The van der Waals surface area contributed by atoms with Crippen LogP contribution in [0.3, 0.4) is 0 Å². The number of carbonyl (C=O) groups excluding carboxylic acids is 1. The number of methoxy groups -OCH3 is 1. The number of thiazole rings is 1. The van der Waals surface area contributed by atoms with Gasteiger partial charge in [0, 0.05) is 18.1 Å². The Hall–Kier alpha value is -1.96. The Labute approximate surface area is 164 Å². The van der Waals surface area contributed by atoms with E-state index in [0.29, 0.717) is 35.9 Å². The molecule has 1 amide bonds. The van der Waals surface area contributed by atoms with Gasteiger partial charge in [-0.3, -0.25) is 4.79 Å². The second-order valence-corrected chi connectivity index (χ2v) is 7.41. The summed E-state index contributed by atoms with van der Waals surface area (Å²) in [6.07, 6.45) is 0. The van der Waals surface area contributed by atoms with Gasteiger partial charge in [0.1, 0.15) is 5.75 Å². The van der Waals surface area contributed by atoms with Gasteiger partial charge in [0.15, 0.2) is 4.80 Å². The molecule has 0 aliphatic carbocycles. The number of aromatic nitrogens is 1. The van der Waals surface area contributed by atoms with Crippen LogP contribution in [0.5, 0.6) is 5.75 Å². The van der Waals surface area contributed by atoms with E-state index >= 15 is 0 Å². The molecule has 0 saturated carbocycles. The number of nitrogens with zero attached hydrogens (tertiary/aromatic N) is 2. The normalized spacial score (nSPS) is 11.9. The molecule has 0 bridgehead atoms. The molecule has 0 fully saturated rings. The summed E-state index contributed by atoms with van der Waals surface area (Å²) in [6, 6.07) is 13.2. The molecular weight excluding hydrogens is 416 g/mol. The Morgan fingerprint density at radius 1 is 1.27 bits per heavy atom. The van der Waals surface area contributed by atoms with Gasteiger partial charge in [0.2, 0.25) is 0 Å². The van der Waals surface area contributed by atoms with Gasteiger partial charge in [-0.05, 0) is 37.3 Å². The van der Waals surface area contributed by atoms with Gasteiger partial charge >= 0.3 is 0 Å². The fourth-order valence-corrected chi connectivity index (χ4v) is 4.21. The van der Waals surface area contributed by atoms with Crippen molar-refractivity contribution in [3.05, 3.63) is 57.3 Å². The zero-order chi connectivity index (χ0) is 18.5. The van der Waals surface area contributed by atoms with E-state index < -0.39 is 0 Å². The third-order valence-corrected chi connectivity index (χ3v) is 5.31. The highest BCUT2D eigenvalue weighted by Gasteiger charge is 2.13. The van der Waals surface area contributed by atoms with Gasteiger partial charge in [-0.25, -0.2) is 0 Å². The minimum atomic E-state index is -0.314. The van der Waals surface area contributed by atoms with Crippen LogP contribution >= 0.6 is 27.3 Å². The van der Waals surface area contributed by atoms with Crippen LogP contribution in [0.4, 0.5) is 0 Å². The predicted molar refractivity (Wildman–Crippen MR) is 107 cm³/mol. The molecule has 26 heavy (non-hydrogen) atoms. The lowest BCUT2D eigenvalue weighted by molar-refractivity contribution is 0.0993. The molecule has 136 valence electrons. The molecule has 0 atom stereocenters. The zero-order valence-corrected chi connectivity index (χ0v) is 17.0. The molecule has 1 aromatic heterocycles. The van der Waals surface area contributed by atoms with Crippen molar-refractivity contribution in [1.82, 2.24) is 4.57 Å². The molecule has 1 heterocycles. The smallest absolute Gasteiger partial charge is 0.283 e. The standard InChI is InChI=1S/C19H19BrN2O3S/c1-3-25-16-7-5-4-6-14(16)18(23)21-19-22(10-11-24-2)15-9-8-13(20)12-17(15)26-19/h4-9,12H,3,10-11H2,1-2H3. The number of carbonyl (C=O) groups is 1. The summed E-state index contributed by atoms with van der Waals surface area (Å²) in [6.45, 7) is 3.55. The third-order valence-electron chi connectivity index (χ3n) is 3.78. The molecule has 0 N–H and O–H groups in total. The van der Waals surface area contributed by atoms with Crippen LogP contribution in [0.25, 0.3) is 10.2 Å². The van der Waals surface area contributed by atoms with Crippen LogP contribution in [0.1, 0.15) is 17.3 Å². The largest absolute Gasteiger partial charge is 0.493 e. The average molecular weight is 435 g/mol. The predicted octanol–water partition coefficient (Wildman–Crippen LogP) is 4.25. The first-order chi connectivity index (χ1) is 12.6. The van der Waals surface area contributed by atoms with Gasteiger partial charge in [-0.1, -0.05) is 39.4 Å². The van der Waals surface area contributed by atoms with Crippen LogP contribution in [-0.4, -0.2) is 30.8 Å². The lowest BCUT2D eigenvalue weighted by atomic mass is 10.2. The summed E-state index contributed by atoms with van der Waals surface area (Å²) in [5, 5.41) is 0. The number of para-hydroxylation sites is 1. The molecule has 7 heteroatoms. The number of fused-ring (bicyclic) bond motifs is 1. The van der Waals surface area contributed by atoms with Gasteiger partial charge in [0.05, 0.1) is 29.0 Å². The van der Waals surface area contributed by atoms with Crippen molar-refractivity contribution in [3.8, 4) is 5.75 Å². The molecule has 3 aromatic rings.